The predicted octanol–water partition coefficient (Wildman–Crippen LogP) is 3.84. The first-order valence-electron chi connectivity index (χ1n) is 10.3. The fourth-order valence-electron chi connectivity index (χ4n) is 3.63. The molecule has 2 aromatic carbocycles. The van der Waals surface area contributed by atoms with Crippen molar-refractivity contribution in [2.75, 3.05) is 26.6 Å². The lowest BCUT2D eigenvalue weighted by Gasteiger charge is -2.11. The number of hydrogen-bond acceptors (Lipinski definition) is 5. The van der Waals surface area contributed by atoms with Crippen LogP contribution in [0, 0.1) is 0 Å². The second-order valence-corrected chi connectivity index (χ2v) is 7.24. The van der Waals surface area contributed by atoms with Crippen molar-refractivity contribution in [3.63, 3.8) is 0 Å². The molecule has 1 aromatic heterocycles. The zero-order valence-electron chi connectivity index (χ0n) is 18.1. The number of nitrogens with one attached hydrogen (secondary N) is 2. The van der Waals surface area contributed by atoms with Gasteiger partial charge in [-0.2, -0.15) is 0 Å². The van der Waals surface area contributed by atoms with Crippen molar-refractivity contribution in [1.82, 2.24) is 9.97 Å². The summed E-state index contributed by atoms with van der Waals surface area (Å²) in [5, 5.41) is 5.46. The third-order valence-corrected chi connectivity index (χ3v) is 5.24. The van der Waals surface area contributed by atoms with Crippen molar-refractivity contribution < 1.29 is 14.2 Å². The van der Waals surface area contributed by atoms with Gasteiger partial charge in [0.05, 0.1) is 26.7 Å². The van der Waals surface area contributed by atoms with E-state index in [0.717, 1.165) is 58.5 Å². The van der Waals surface area contributed by atoms with Crippen molar-refractivity contribution in [3.8, 4) is 28.6 Å². The van der Waals surface area contributed by atoms with Gasteiger partial charge in [-0.15, -0.1) is 0 Å². The molecule has 0 spiro atoms. The molecule has 6 heteroatoms. The van der Waals surface area contributed by atoms with Crippen molar-refractivity contribution in [2.45, 2.75) is 19.3 Å². The van der Waals surface area contributed by atoms with Crippen molar-refractivity contribution in [3.05, 3.63) is 65.3 Å². The van der Waals surface area contributed by atoms with Crippen LogP contribution >= 0.6 is 0 Å². The summed E-state index contributed by atoms with van der Waals surface area (Å²) >= 11 is 0. The molecular weight excluding hydrogens is 390 g/mol. The Morgan fingerprint density at radius 1 is 0.968 bits per heavy atom. The molecule has 31 heavy (non-hydrogen) atoms. The van der Waals surface area contributed by atoms with E-state index < -0.39 is 0 Å². The maximum atomic E-state index is 5.46. The first-order chi connectivity index (χ1) is 15.2. The normalized spacial score (nSPS) is 17.2. The van der Waals surface area contributed by atoms with E-state index in [1.54, 1.807) is 21.3 Å². The molecular formula is C25H27N3O3. The number of ether oxygens (including phenoxy) is 3. The van der Waals surface area contributed by atoms with Crippen molar-refractivity contribution >= 4 is 17.5 Å². The van der Waals surface area contributed by atoms with E-state index in [9.17, 15) is 0 Å². The highest BCUT2D eigenvalue weighted by atomic mass is 16.5. The minimum absolute atomic E-state index is 0.670. The lowest BCUT2D eigenvalue weighted by Crippen LogP contribution is -2.29. The van der Waals surface area contributed by atoms with E-state index in [-0.39, 0.29) is 0 Å². The number of hydrogen-bond donors (Lipinski definition) is 2. The van der Waals surface area contributed by atoms with Crippen LogP contribution in [-0.4, -0.2) is 31.3 Å². The molecule has 0 saturated heterocycles. The molecule has 0 bridgehead atoms. The number of aromatic amines is 1. The maximum Gasteiger partial charge on any atom is 0.161 e. The summed E-state index contributed by atoms with van der Waals surface area (Å²) in [6.07, 6.45) is 9.30. The summed E-state index contributed by atoms with van der Waals surface area (Å²) in [5.41, 5.74) is 2.98. The number of rotatable bonds is 6. The largest absolute Gasteiger partial charge is 0.497 e. The monoisotopic (exact) mass is 417 g/mol. The number of nitrogens with zero attached hydrogens (tertiary/aromatic N) is 1. The van der Waals surface area contributed by atoms with Gasteiger partial charge in [-0.05, 0) is 55.7 Å². The third kappa shape index (κ3) is 4.58. The number of benzene rings is 2. The van der Waals surface area contributed by atoms with Crippen molar-refractivity contribution in [1.29, 1.82) is 0 Å². The molecule has 0 atom stereocenters. The SMILES string of the molecule is COc1cccc(N\C2=c3/nc(-c4ccc(OC)c(OC)c4)[nH]/c3=C/C=C/CCC2)c1. The molecule has 1 aliphatic carbocycles. The van der Waals surface area contributed by atoms with Gasteiger partial charge in [0, 0.05) is 23.0 Å². The number of fused-ring (bicyclic) bond motifs is 1. The number of allylic oxidation sites excluding steroid dienone is 2. The average Bonchev–Trinajstić information content (AvgIpc) is 3.26. The van der Waals surface area contributed by atoms with Crippen LogP contribution < -0.4 is 30.2 Å². The molecule has 2 N–H and O–H groups in total. The highest BCUT2D eigenvalue weighted by molar-refractivity contribution is 5.67. The van der Waals surface area contributed by atoms with Crippen LogP contribution in [0.15, 0.2) is 54.6 Å². The molecule has 6 nitrogen and oxygen atoms in total. The van der Waals surface area contributed by atoms with Crippen molar-refractivity contribution in [2.24, 2.45) is 0 Å². The van der Waals surface area contributed by atoms with Crippen LogP contribution in [-0.2, 0) is 0 Å². The Morgan fingerprint density at radius 2 is 1.84 bits per heavy atom. The standard InChI is InChI=1S/C25H27N3O3/c1-29-19-10-8-9-18(16-19)26-20-11-6-4-5-7-12-21-24(20)28-25(27-21)17-13-14-22(30-2)23(15-17)31-3/h5,7-10,12-16,26H,4,6,11H2,1-3H3,(H,27,28)/b7-5+,21-12+,24-20-. The minimum Gasteiger partial charge on any atom is -0.497 e. The fourth-order valence-corrected chi connectivity index (χ4v) is 3.63. The Bertz CT molecular complexity index is 1210. The van der Waals surface area contributed by atoms with Crippen LogP contribution in [0.1, 0.15) is 19.3 Å². The second kappa shape index (κ2) is 9.43. The summed E-state index contributed by atoms with van der Waals surface area (Å²) < 4.78 is 16.2. The number of aromatic nitrogens is 2. The summed E-state index contributed by atoms with van der Waals surface area (Å²) in [7, 11) is 4.94. The lowest BCUT2D eigenvalue weighted by molar-refractivity contribution is 0.355. The Balaban J connectivity index is 1.83. The molecule has 0 amide bonds. The quantitative estimate of drug-likeness (QED) is 0.638. The molecule has 0 saturated carbocycles. The Hall–Kier alpha value is -3.67. The van der Waals surface area contributed by atoms with Gasteiger partial charge >= 0.3 is 0 Å². The summed E-state index contributed by atoms with van der Waals surface area (Å²) in [5.74, 6) is 2.95. The topological polar surface area (TPSA) is 68.4 Å². The first-order valence-corrected chi connectivity index (χ1v) is 10.3. The molecule has 160 valence electrons. The summed E-state index contributed by atoms with van der Waals surface area (Å²) in [6, 6.07) is 13.7. The lowest BCUT2D eigenvalue weighted by atomic mass is 10.1. The smallest absolute Gasteiger partial charge is 0.161 e. The van der Waals surface area contributed by atoms with Gasteiger partial charge < -0.3 is 24.5 Å². The van der Waals surface area contributed by atoms with Crippen LogP contribution in [0.2, 0.25) is 0 Å². The first kappa shape index (κ1) is 20.6. The Labute approximate surface area is 181 Å². The summed E-state index contributed by atoms with van der Waals surface area (Å²) in [6.45, 7) is 0. The number of anilines is 1. The third-order valence-electron chi connectivity index (χ3n) is 5.24. The molecule has 4 rings (SSSR count). The van der Waals surface area contributed by atoms with Gasteiger partial charge in [0.2, 0.25) is 0 Å². The fraction of sp³-hybridized carbons (Fsp3) is 0.240. The Morgan fingerprint density at radius 3 is 2.65 bits per heavy atom. The zero-order valence-corrected chi connectivity index (χ0v) is 18.1. The number of methoxy groups -OCH3 is 3. The van der Waals surface area contributed by atoms with E-state index in [1.807, 2.05) is 42.5 Å². The summed E-state index contributed by atoms with van der Waals surface area (Å²) in [4.78, 5) is 8.44. The van der Waals surface area contributed by atoms with E-state index in [4.69, 9.17) is 19.2 Å². The van der Waals surface area contributed by atoms with Crippen LogP contribution in [0.5, 0.6) is 17.2 Å². The predicted molar refractivity (Wildman–Crippen MR) is 124 cm³/mol. The molecule has 3 aromatic rings. The average molecular weight is 418 g/mol. The van der Waals surface area contributed by atoms with E-state index in [2.05, 4.69) is 28.5 Å². The Kier molecular flexibility index (Phi) is 6.26. The highest BCUT2D eigenvalue weighted by Crippen LogP contribution is 2.30. The zero-order chi connectivity index (χ0) is 21.6. The van der Waals surface area contributed by atoms with Gasteiger partial charge in [-0.1, -0.05) is 18.2 Å². The molecule has 0 radical (unpaired) electrons. The van der Waals surface area contributed by atoms with Gasteiger partial charge in [0.15, 0.2) is 11.5 Å². The highest BCUT2D eigenvalue weighted by Gasteiger charge is 2.12. The molecule has 0 aliphatic heterocycles. The van der Waals surface area contributed by atoms with E-state index >= 15 is 0 Å². The molecule has 0 fully saturated rings. The van der Waals surface area contributed by atoms with Crippen LogP contribution in [0.3, 0.4) is 0 Å². The van der Waals surface area contributed by atoms with Gasteiger partial charge in [0.25, 0.3) is 0 Å². The molecule has 1 aliphatic rings. The number of imidazole rings is 1. The maximum absolute atomic E-state index is 5.46. The van der Waals surface area contributed by atoms with Gasteiger partial charge in [-0.25, -0.2) is 4.98 Å². The minimum atomic E-state index is 0.670. The van der Waals surface area contributed by atoms with Gasteiger partial charge in [0.1, 0.15) is 16.9 Å². The van der Waals surface area contributed by atoms with Crippen LogP contribution in [0.25, 0.3) is 23.2 Å². The molecule has 1 heterocycles. The molecule has 0 unspecified atom stereocenters. The van der Waals surface area contributed by atoms with E-state index in [0.29, 0.717) is 11.5 Å². The number of H-pyrrole nitrogens is 1. The van der Waals surface area contributed by atoms with E-state index in [1.165, 1.54) is 0 Å². The van der Waals surface area contributed by atoms with Gasteiger partial charge in [-0.3, -0.25) is 0 Å². The second-order valence-electron chi connectivity index (χ2n) is 7.24. The van der Waals surface area contributed by atoms with Crippen LogP contribution in [0.4, 0.5) is 5.69 Å².